The van der Waals surface area contributed by atoms with Crippen LogP contribution in [0, 0.1) is 0 Å². The normalized spacial score (nSPS) is 11.7. The number of hydrogen-bond acceptors (Lipinski definition) is 7. The molecule has 190 valence electrons. The molecule has 11 nitrogen and oxygen atoms in total. The maximum absolute atomic E-state index is 13.8. The molecule has 5 aromatic heterocycles. The van der Waals surface area contributed by atoms with E-state index in [0.717, 1.165) is 17.7 Å². The second kappa shape index (κ2) is 9.16. The second-order valence-electron chi connectivity index (χ2n) is 7.99. The number of amides is 2. The number of alkyl halides is 3. The fourth-order valence-electron chi connectivity index (χ4n) is 3.65. The second-order valence-corrected chi connectivity index (χ2v) is 8.94. The molecule has 0 aromatic carbocycles. The van der Waals surface area contributed by atoms with Gasteiger partial charge in [-0.15, -0.1) is 11.3 Å². The van der Waals surface area contributed by atoms with Crippen LogP contribution >= 0.6 is 11.3 Å². The SMILES string of the molecule is Cn1cc(CNC(=O)c2c(NC(=O)c3cc4nc(-c5cccs5)cc(C(F)(F)F)n4n3)cnn2C)cn1. The van der Waals surface area contributed by atoms with Crippen molar-refractivity contribution in [1.29, 1.82) is 0 Å². The topological polar surface area (TPSA) is 124 Å². The Morgan fingerprint density at radius 3 is 2.59 bits per heavy atom. The standard InChI is InChI=1S/C22H18F3N9O2S/c1-32-11-12(9-27-32)8-26-21(36)19-15(10-28-33(19)2)30-20(35)14-7-18-29-13(16-4-3-5-37-16)6-17(22(23,24)25)34(18)31-14/h3-7,9-11H,8H2,1-2H3,(H,26,36)(H,30,35). The summed E-state index contributed by atoms with van der Waals surface area (Å²) in [4.78, 5) is 30.5. The third-order valence-corrected chi connectivity index (χ3v) is 6.23. The van der Waals surface area contributed by atoms with Crippen molar-refractivity contribution < 1.29 is 22.8 Å². The highest BCUT2D eigenvalue weighted by Crippen LogP contribution is 2.33. The van der Waals surface area contributed by atoms with Crippen LogP contribution in [-0.2, 0) is 26.8 Å². The third-order valence-electron chi connectivity index (χ3n) is 5.34. The van der Waals surface area contributed by atoms with Crippen LogP contribution < -0.4 is 10.6 Å². The van der Waals surface area contributed by atoms with Crippen molar-refractivity contribution in [2.45, 2.75) is 12.7 Å². The molecular weight excluding hydrogens is 511 g/mol. The molecule has 5 heterocycles. The van der Waals surface area contributed by atoms with Crippen LogP contribution in [0.4, 0.5) is 18.9 Å². The molecule has 0 unspecified atom stereocenters. The number of carbonyl (C=O) groups is 2. The zero-order valence-corrected chi connectivity index (χ0v) is 20.1. The lowest BCUT2D eigenvalue weighted by atomic mass is 10.2. The summed E-state index contributed by atoms with van der Waals surface area (Å²) in [6.45, 7) is 0.191. The number of hydrogen-bond donors (Lipinski definition) is 2. The molecule has 0 bridgehead atoms. The van der Waals surface area contributed by atoms with Crippen molar-refractivity contribution in [3.05, 3.63) is 70.9 Å². The van der Waals surface area contributed by atoms with Crippen molar-refractivity contribution in [3.63, 3.8) is 0 Å². The molecule has 5 rings (SSSR count). The maximum Gasteiger partial charge on any atom is 0.433 e. The largest absolute Gasteiger partial charge is 0.433 e. The summed E-state index contributed by atoms with van der Waals surface area (Å²) in [7, 11) is 3.26. The van der Waals surface area contributed by atoms with Crippen molar-refractivity contribution in [2.24, 2.45) is 14.1 Å². The van der Waals surface area contributed by atoms with E-state index in [-0.39, 0.29) is 35.0 Å². The van der Waals surface area contributed by atoms with E-state index in [1.54, 1.807) is 41.6 Å². The number of thiophene rings is 1. The van der Waals surface area contributed by atoms with Gasteiger partial charge in [-0.25, -0.2) is 9.50 Å². The molecule has 2 N–H and O–H groups in total. The number of anilines is 1. The van der Waals surface area contributed by atoms with Gasteiger partial charge >= 0.3 is 6.18 Å². The first-order chi connectivity index (χ1) is 17.6. The van der Waals surface area contributed by atoms with E-state index in [9.17, 15) is 22.8 Å². The van der Waals surface area contributed by atoms with E-state index in [4.69, 9.17) is 0 Å². The zero-order chi connectivity index (χ0) is 26.3. The van der Waals surface area contributed by atoms with Gasteiger partial charge in [0, 0.05) is 38.5 Å². The highest BCUT2D eigenvalue weighted by atomic mass is 32.1. The molecule has 0 aliphatic heterocycles. The van der Waals surface area contributed by atoms with Crippen LogP contribution in [0.15, 0.2) is 48.2 Å². The van der Waals surface area contributed by atoms with E-state index >= 15 is 0 Å². The molecule has 0 aliphatic rings. The average molecular weight is 530 g/mol. The lowest BCUT2D eigenvalue weighted by Crippen LogP contribution is -2.26. The van der Waals surface area contributed by atoms with Gasteiger partial charge in [-0.1, -0.05) is 6.07 Å². The van der Waals surface area contributed by atoms with Crippen LogP contribution in [0.2, 0.25) is 0 Å². The Bertz CT molecular complexity index is 1620. The highest BCUT2D eigenvalue weighted by Gasteiger charge is 2.36. The Morgan fingerprint density at radius 1 is 1.11 bits per heavy atom. The summed E-state index contributed by atoms with van der Waals surface area (Å²) < 4.78 is 44.8. The fourth-order valence-corrected chi connectivity index (χ4v) is 4.34. The first-order valence-electron chi connectivity index (χ1n) is 10.7. The predicted octanol–water partition coefficient (Wildman–Crippen LogP) is 3.13. The van der Waals surface area contributed by atoms with Crippen molar-refractivity contribution >= 4 is 34.5 Å². The Labute approximate surface area is 210 Å². The van der Waals surface area contributed by atoms with Crippen LogP contribution in [-0.4, -0.2) is 46.0 Å². The summed E-state index contributed by atoms with van der Waals surface area (Å²) in [6.07, 6.45) is -0.137. The molecule has 0 atom stereocenters. The van der Waals surface area contributed by atoms with Crippen LogP contribution in [0.3, 0.4) is 0 Å². The van der Waals surface area contributed by atoms with Gasteiger partial charge in [0.25, 0.3) is 11.8 Å². The number of aromatic nitrogens is 7. The Balaban J connectivity index is 1.42. The monoisotopic (exact) mass is 529 g/mol. The molecule has 37 heavy (non-hydrogen) atoms. The van der Waals surface area contributed by atoms with Gasteiger partial charge in [0.1, 0.15) is 5.69 Å². The van der Waals surface area contributed by atoms with Crippen LogP contribution in [0.5, 0.6) is 0 Å². The highest BCUT2D eigenvalue weighted by molar-refractivity contribution is 7.13. The number of rotatable bonds is 6. The number of fused-ring (bicyclic) bond motifs is 1. The zero-order valence-electron chi connectivity index (χ0n) is 19.3. The molecule has 2 amide bonds. The van der Waals surface area contributed by atoms with E-state index in [1.807, 2.05) is 0 Å². The third kappa shape index (κ3) is 4.80. The molecule has 0 fully saturated rings. The molecule has 0 saturated heterocycles. The average Bonchev–Trinajstić information content (AvgIpc) is 3.63. The number of carbonyl (C=O) groups excluding carboxylic acids is 2. The van der Waals surface area contributed by atoms with Gasteiger partial charge in [0.2, 0.25) is 0 Å². The molecule has 0 aliphatic carbocycles. The summed E-state index contributed by atoms with van der Waals surface area (Å²) in [5, 5.41) is 18.8. The van der Waals surface area contributed by atoms with Crippen LogP contribution in [0.1, 0.15) is 32.2 Å². The van der Waals surface area contributed by atoms with E-state index < -0.39 is 23.7 Å². The molecule has 0 spiro atoms. The molecule has 5 aromatic rings. The molecule has 0 saturated carbocycles. The van der Waals surface area contributed by atoms with Gasteiger partial charge in [-0.2, -0.15) is 28.5 Å². The lowest BCUT2D eigenvalue weighted by molar-refractivity contribution is -0.142. The summed E-state index contributed by atoms with van der Waals surface area (Å²) in [5.74, 6) is -1.35. The molecule has 15 heteroatoms. The quantitative estimate of drug-likeness (QED) is 0.348. The Hall–Kier alpha value is -4.53. The van der Waals surface area contributed by atoms with Gasteiger partial charge in [0.05, 0.1) is 28.7 Å². The minimum absolute atomic E-state index is 0.0510. The smallest absolute Gasteiger partial charge is 0.346 e. The first kappa shape index (κ1) is 24.2. The van der Waals surface area contributed by atoms with Crippen molar-refractivity contribution in [3.8, 4) is 10.6 Å². The first-order valence-corrected chi connectivity index (χ1v) is 11.6. The van der Waals surface area contributed by atoms with Crippen molar-refractivity contribution in [1.82, 2.24) is 39.5 Å². The number of nitrogens with zero attached hydrogens (tertiary/aromatic N) is 7. The predicted molar refractivity (Wildman–Crippen MR) is 127 cm³/mol. The summed E-state index contributed by atoms with van der Waals surface area (Å²) >= 11 is 1.24. The number of aryl methyl sites for hydroxylation is 2. The summed E-state index contributed by atoms with van der Waals surface area (Å²) in [5.41, 5.74) is -0.538. The van der Waals surface area contributed by atoms with Gasteiger partial charge in [-0.3, -0.25) is 19.0 Å². The lowest BCUT2D eigenvalue weighted by Gasteiger charge is -2.10. The molecular formula is C22H18F3N9O2S. The number of halogens is 3. The molecule has 0 radical (unpaired) electrons. The van der Waals surface area contributed by atoms with E-state index in [1.165, 1.54) is 29.3 Å². The van der Waals surface area contributed by atoms with Gasteiger partial charge in [-0.05, 0) is 17.5 Å². The minimum Gasteiger partial charge on any atom is -0.346 e. The Kier molecular flexibility index (Phi) is 5.99. The maximum atomic E-state index is 13.8. The fraction of sp³-hybridized carbons (Fsp3) is 0.182. The summed E-state index contributed by atoms with van der Waals surface area (Å²) in [6, 6.07) is 5.39. The van der Waals surface area contributed by atoms with Gasteiger partial charge in [0.15, 0.2) is 17.0 Å². The van der Waals surface area contributed by atoms with Gasteiger partial charge < -0.3 is 10.6 Å². The minimum atomic E-state index is -4.74. The van der Waals surface area contributed by atoms with E-state index in [0.29, 0.717) is 9.39 Å². The van der Waals surface area contributed by atoms with E-state index in [2.05, 4.69) is 30.9 Å². The Morgan fingerprint density at radius 2 is 1.92 bits per heavy atom. The van der Waals surface area contributed by atoms with Crippen molar-refractivity contribution in [2.75, 3.05) is 5.32 Å². The number of nitrogens with one attached hydrogen (secondary N) is 2. The van der Waals surface area contributed by atoms with Crippen LogP contribution in [0.25, 0.3) is 16.2 Å².